The van der Waals surface area contributed by atoms with Crippen LogP contribution in [0.15, 0.2) is 47.4 Å². The van der Waals surface area contributed by atoms with Crippen LogP contribution in [0.2, 0.25) is 0 Å². The van der Waals surface area contributed by atoms with E-state index in [4.69, 9.17) is 5.73 Å². The Balaban J connectivity index is 2.38. The Morgan fingerprint density at radius 3 is 2.50 bits per heavy atom. The molecule has 6 nitrogen and oxygen atoms in total. The quantitative estimate of drug-likeness (QED) is 0.811. The number of anilines is 1. The smallest absolute Gasteiger partial charge is 0.262 e. The van der Waals surface area contributed by atoms with Crippen molar-refractivity contribution in [1.82, 2.24) is 4.90 Å². The molecule has 0 aliphatic rings. The van der Waals surface area contributed by atoms with Crippen LogP contribution < -0.4 is 10.5 Å². The molecule has 0 spiro atoms. The second-order valence-corrected chi connectivity index (χ2v) is 8.11. The number of aryl methyl sites for hydroxylation is 2. The van der Waals surface area contributed by atoms with E-state index in [0.29, 0.717) is 23.4 Å². The summed E-state index contributed by atoms with van der Waals surface area (Å²) in [5, 5.41) is 0. The molecule has 1 unspecified atom stereocenters. The Morgan fingerprint density at radius 2 is 1.88 bits per heavy atom. The number of sulfonamides is 1. The van der Waals surface area contributed by atoms with E-state index in [9.17, 15) is 13.2 Å². The average Bonchev–Trinajstić information content (AvgIpc) is 2.59. The number of likely N-dealkylation sites (N-methyl/N-ethyl adjacent to an activating group) is 1. The van der Waals surface area contributed by atoms with Crippen LogP contribution in [-0.2, 0) is 10.0 Å². The molecule has 1 amide bonds. The molecule has 2 aromatic carbocycles. The molecular formula is C19H25N3O3S. The number of hydrogen-bond donors (Lipinski definition) is 2. The van der Waals surface area contributed by atoms with Crippen molar-refractivity contribution in [3.63, 3.8) is 0 Å². The molecule has 0 aromatic heterocycles. The van der Waals surface area contributed by atoms with E-state index in [-0.39, 0.29) is 16.8 Å². The van der Waals surface area contributed by atoms with E-state index < -0.39 is 10.0 Å². The van der Waals surface area contributed by atoms with Crippen LogP contribution in [0.5, 0.6) is 0 Å². The minimum absolute atomic E-state index is 0.0821. The van der Waals surface area contributed by atoms with Gasteiger partial charge in [-0.05, 0) is 56.2 Å². The summed E-state index contributed by atoms with van der Waals surface area (Å²) >= 11 is 0. The number of amides is 1. The third-order valence-electron chi connectivity index (χ3n) is 4.32. The van der Waals surface area contributed by atoms with Gasteiger partial charge < -0.3 is 10.6 Å². The van der Waals surface area contributed by atoms with Gasteiger partial charge >= 0.3 is 0 Å². The van der Waals surface area contributed by atoms with Crippen LogP contribution in [0.1, 0.15) is 28.4 Å². The molecular weight excluding hydrogens is 350 g/mol. The summed E-state index contributed by atoms with van der Waals surface area (Å²) in [6.07, 6.45) is 0. The first-order valence-electron chi connectivity index (χ1n) is 8.33. The predicted molar refractivity (Wildman–Crippen MR) is 104 cm³/mol. The predicted octanol–water partition coefficient (Wildman–Crippen LogP) is 2.52. The highest BCUT2D eigenvalue weighted by atomic mass is 32.2. The fraction of sp³-hybridized carbons (Fsp3) is 0.316. The van der Waals surface area contributed by atoms with Gasteiger partial charge in [0.15, 0.2) is 0 Å². The van der Waals surface area contributed by atoms with Gasteiger partial charge in [-0.3, -0.25) is 9.52 Å². The zero-order valence-electron chi connectivity index (χ0n) is 15.5. The lowest BCUT2D eigenvalue weighted by Gasteiger charge is -2.24. The number of nitrogens with one attached hydrogen (secondary N) is 1. The number of carbonyl (C=O) groups excluding carboxylic acids is 1. The second-order valence-electron chi connectivity index (χ2n) is 6.46. The zero-order chi connectivity index (χ0) is 19.5. The lowest BCUT2D eigenvalue weighted by atomic mass is 10.1. The molecule has 26 heavy (non-hydrogen) atoms. The average molecular weight is 375 g/mol. The highest BCUT2D eigenvalue weighted by Crippen LogP contribution is 2.22. The van der Waals surface area contributed by atoms with Crippen molar-refractivity contribution in [2.75, 3.05) is 18.3 Å². The fourth-order valence-corrected chi connectivity index (χ4v) is 3.82. The fourth-order valence-electron chi connectivity index (χ4n) is 2.50. The highest BCUT2D eigenvalue weighted by molar-refractivity contribution is 7.92. The molecule has 0 bridgehead atoms. The summed E-state index contributed by atoms with van der Waals surface area (Å²) in [7, 11) is -2.16. The molecule has 0 fully saturated rings. The third kappa shape index (κ3) is 4.42. The minimum atomic E-state index is -3.81. The van der Waals surface area contributed by atoms with Crippen LogP contribution in [0, 0.1) is 13.8 Å². The first-order valence-corrected chi connectivity index (χ1v) is 9.81. The summed E-state index contributed by atoms with van der Waals surface area (Å²) in [6.45, 7) is 5.75. The van der Waals surface area contributed by atoms with Gasteiger partial charge in [0.2, 0.25) is 0 Å². The topological polar surface area (TPSA) is 92.5 Å². The van der Waals surface area contributed by atoms with E-state index in [1.54, 1.807) is 44.3 Å². The summed E-state index contributed by atoms with van der Waals surface area (Å²) < 4.78 is 28.2. The van der Waals surface area contributed by atoms with Crippen molar-refractivity contribution in [3.8, 4) is 0 Å². The second kappa shape index (κ2) is 7.88. The van der Waals surface area contributed by atoms with Crippen LogP contribution in [0.25, 0.3) is 0 Å². The number of nitrogens with zero attached hydrogens (tertiary/aromatic N) is 1. The first-order chi connectivity index (χ1) is 12.2. The maximum Gasteiger partial charge on any atom is 0.262 e. The van der Waals surface area contributed by atoms with Crippen molar-refractivity contribution in [2.24, 2.45) is 5.73 Å². The van der Waals surface area contributed by atoms with Gasteiger partial charge in [-0.1, -0.05) is 18.2 Å². The molecule has 2 aromatic rings. The summed E-state index contributed by atoms with van der Waals surface area (Å²) in [5.74, 6) is -0.269. The Kier molecular flexibility index (Phi) is 6.05. The lowest BCUT2D eigenvalue weighted by molar-refractivity contribution is 0.0748. The molecule has 0 aliphatic carbocycles. The molecule has 1 atom stereocenters. The van der Waals surface area contributed by atoms with Crippen molar-refractivity contribution in [2.45, 2.75) is 31.7 Å². The van der Waals surface area contributed by atoms with Crippen LogP contribution in [-0.4, -0.2) is 38.9 Å². The molecule has 2 rings (SSSR count). The van der Waals surface area contributed by atoms with Crippen molar-refractivity contribution in [3.05, 3.63) is 59.2 Å². The first kappa shape index (κ1) is 19.9. The van der Waals surface area contributed by atoms with Gasteiger partial charge in [0.25, 0.3) is 15.9 Å². The van der Waals surface area contributed by atoms with E-state index in [1.807, 2.05) is 19.9 Å². The molecule has 0 aliphatic heterocycles. The van der Waals surface area contributed by atoms with Crippen molar-refractivity contribution >= 4 is 21.6 Å². The molecule has 0 radical (unpaired) electrons. The Labute approximate surface area is 155 Å². The van der Waals surface area contributed by atoms with Gasteiger partial charge in [0, 0.05) is 30.9 Å². The van der Waals surface area contributed by atoms with Crippen molar-refractivity contribution < 1.29 is 13.2 Å². The monoisotopic (exact) mass is 375 g/mol. The van der Waals surface area contributed by atoms with Crippen LogP contribution >= 0.6 is 0 Å². The Morgan fingerprint density at radius 1 is 1.19 bits per heavy atom. The lowest BCUT2D eigenvalue weighted by Crippen LogP contribution is -2.39. The summed E-state index contributed by atoms with van der Waals surface area (Å²) in [4.78, 5) is 14.2. The number of hydrogen-bond acceptors (Lipinski definition) is 4. The minimum Gasteiger partial charge on any atom is -0.338 e. The van der Waals surface area contributed by atoms with Gasteiger partial charge in [-0.25, -0.2) is 8.42 Å². The van der Waals surface area contributed by atoms with E-state index in [1.165, 1.54) is 11.0 Å². The largest absolute Gasteiger partial charge is 0.338 e. The number of carbonyl (C=O) groups is 1. The summed E-state index contributed by atoms with van der Waals surface area (Å²) in [5.41, 5.74) is 7.91. The number of rotatable bonds is 6. The molecule has 0 saturated heterocycles. The Hall–Kier alpha value is -2.38. The van der Waals surface area contributed by atoms with Gasteiger partial charge in [0.1, 0.15) is 0 Å². The maximum absolute atomic E-state index is 12.8. The Bertz CT molecular complexity index is 910. The van der Waals surface area contributed by atoms with Gasteiger partial charge in [0.05, 0.1) is 4.90 Å². The van der Waals surface area contributed by atoms with Gasteiger partial charge in [-0.2, -0.15) is 0 Å². The van der Waals surface area contributed by atoms with Crippen LogP contribution in [0.4, 0.5) is 5.69 Å². The standard InChI is InChI=1S/C19H25N3O3S/c1-13-6-5-7-17(10-13)21-26(24,25)18-11-16(9-8-14(18)2)19(23)22(4)15(3)12-20/h5-11,15,21H,12,20H2,1-4H3. The van der Waals surface area contributed by atoms with Crippen molar-refractivity contribution in [1.29, 1.82) is 0 Å². The van der Waals surface area contributed by atoms with Crippen LogP contribution in [0.3, 0.4) is 0 Å². The molecule has 3 N–H and O–H groups in total. The van der Waals surface area contributed by atoms with Gasteiger partial charge in [-0.15, -0.1) is 0 Å². The molecule has 0 saturated carbocycles. The zero-order valence-corrected chi connectivity index (χ0v) is 16.3. The number of nitrogens with two attached hydrogens (primary N) is 1. The highest BCUT2D eigenvalue weighted by Gasteiger charge is 2.22. The SMILES string of the molecule is Cc1cccc(NS(=O)(=O)c2cc(C(=O)N(C)C(C)CN)ccc2C)c1. The third-order valence-corrected chi connectivity index (χ3v) is 5.84. The van der Waals surface area contributed by atoms with E-state index in [0.717, 1.165) is 5.56 Å². The molecule has 0 heterocycles. The maximum atomic E-state index is 12.8. The van der Waals surface area contributed by atoms with E-state index in [2.05, 4.69) is 4.72 Å². The van der Waals surface area contributed by atoms with E-state index >= 15 is 0 Å². The number of benzene rings is 2. The normalized spacial score (nSPS) is 12.5. The summed E-state index contributed by atoms with van der Waals surface area (Å²) in [6, 6.07) is 11.6. The molecule has 140 valence electrons. The molecule has 7 heteroatoms.